The Bertz CT molecular complexity index is 135. The van der Waals surface area contributed by atoms with Gasteiger partial charge in [-0.25, -0.2) is 0 Å². The van der Waals surface area contributed by atoms with Crippen LogP contribution in [0.5, 0.6) is 0 Å². The fourth-order valence-electron chi connectivity index (χ4n) is 1.44. The van der Waals surface area contributed by atoms with E-state index in [-0.39, 0.29) is 0 Å². The Kier molecular flexibility index (Phi) is 3.75. The monoisotopic (exact) mass is 154 g/mol. The molecule has 0 saturated heterocycles. The number of thiol groups is 1. The fraction of sp³-hybridized carbons (Fsp3) is 0.778. The van der Waals surface area contributed by atoms with E-state index in [1.807, 2.05) is 0 Å². The van der Waals surface area contributed by atoms with Gasteiger partial charge in [-0.15, -0.1) is 0 Å². The normalized spacial score (nSPS) is 19.7. The molecule has 56 valence electrons. The molecule has 0 radical (unpaired) electrons. The lowest BCUT2D eigenvalue weighted by Crippen LogP contribution is -2.02. The van der Waals surface area contributed by atoms with Crippen LogP contribution >= 0.6 is 12.6 Å². The van der Waals surface area contributed by atoms with Gasteiger partial charge in [0.15, 0.2) is 0 Å². The number of rotatable bonds is 0. The summed E-state index contributed by atoms with van der Waals surface area (Å²) in [5, 5.41) is 0. The van der Waals surface area contributed by atoms with Crippen molar-refractivity contribution in [3.05, 3.63) is 0 Å². The first-order valence-electron chi connectivity index (χ1n) is 4.02. The van der Waals surface area contributed by atoms with Crippen LogP contribution in [-0.2, 0) is 0 Å². The smallest absolute Gasteiger partial charge is 0.0517 e. The minimum absolute atomic E-state index is 0.695. The van der Waals surface area contributed by atoms with Crippen molar-refractivity contribution < 1.29 is 0 Å². The molecule has 0 aliphatic heterocycles. The Morgan fingerprint density at radius 1 is 1.20 bits per heavy atom. The average molecular weight is 154 g/mol. The molecule has 0 heterocycles. The predicted octanol–water partition coefficient (Wildman–Crippen LogP) is 2.50. The summed E-state index contributed by atoms with van der Waals surface area (Å²) in [6, 6.07) is 0. The Morgan fingerprint density at radius 3 is 2.50 bits per heavy atom. The van der Waals surface area contributed by atoms with Gasteiger partial charge in [-0.2, -0.15) is 12.6 Å². The zero-order chi connectivity index (χ0) is 7.23. The summed E-state index contributed by atoms with van der Waals surface area (Å²) in [6.07, 6.45) is 6.82. The molecule has 1 aliphatic carbocycles. The van der Waals surface area contributed by atoms with Crippen molar-refractivity contribution in [2.45, 2.75) is 32.1 Å². The van der Waals surface area contributed by atoms with E-state index < -0.39 is 0 Å². The number of hydrogen-bond donors (Lipinski definition) is 1. The quantitative estimate of drug-likeness (QED) is 0.402. The molecule has 0 nitrogen and oxygen atoms in total. The standard InChI is InChI=1S/C9H14S/c10-8-4-7-9-5-2-1-3-6-9/h9-10H,1-3,5-6,8H2. The van der Waals surface area contributed by atoms with E-state index in [9.17, 15) is 0 Å². The van der Waals surface area contributed by atoms with E-state index in [0.29, 0.717) is 5.92 Å². The van der Waals surface area contributed by atoms with E-state index in [0.717, 1.165) is 5.75 Å². The van der Waals surface area contributed by atoms with Crippen LogP contribution in [0.4, 0.5) is 0 Å². The van der Waals surface area contributed by atoms with E-state index in [4.69, 9.17) is 0 Å². The summed E-state index contributed by atoms with van der Waals surface area (Å²) in [4.78, 5) is 0. The van der Waals surface area contributed by atoms with Gasteiger partial charge in [-0.1, -0.05) is 31.1 Å². The molecule has 1 fully saturated rings. The van der Waals surface area contributed by atoms with E-state index in [2.05, 4.69) is 24.5 Å². The van der Waals surface area contributed by atoms with Crippen LogP contribution in [0.15, 0.2) is 0 Å². The van der Waals surface area contributed by atoms with Gasteiger partial charge in [0.25, 0.3) is 0 Å². The molecular weight excluding hydrogens is 140 g/mol. The summed E-state index contributed by atoms with van der Waals surface area (Å²) in [7, 11) is 0. The van der Waals surface area contributed by atoms with Crippen molar-refractivity contribution in [1.82, 2.24) is 0 Å². The first kappa shape index (κ1) is 8.01. The highest BCUT2D eigenvalue weighted by molar-refractivity contribution is 7.80. The van der Waals surface area contributed by atoms with Gasteiger partial charge >= 0.3 is 0 Å². The highest BCUT2D eigenvalue weighted by Crippen LogP contribution is 2.22. The van der Waals surface area contributed by atoms with Gasteiger partial charge in [0, 0.05) is 5.92 Å². The molecule has 0 bridgehead atoms. The van der Waals surface area contributed by atoms with Crippen LogP contribution in [0.2, 0.25) is 0 Å². The van der Waals surface area contributed by atoms with Crippen molar-refractivity contribution in [2.24, 2.45) is 5.92 Å². The minimum Gasteiger partial charge on any atom is -0.166 e. The lowest BCUT2D eigenvalue weighted by Gasteiger charge is -2.15. The molecule has 0 aromatic carbocycles. The van der Waals surface area contributed by atoms with Gasteiger partial charge in [-0.3, -0.25) is 0 Å². The lowest BCUT2D eigenvalue weighted by atomic mass is 9.90. The average Bonchev–Trinajstić information content (AvgIpc) is 2.03. The van der Waals surface area contributed by atoms with Gasteiger partial charge < -0.3 is 0 Å². The fourth-order valence-corrected chi connectivity index (χ4v) is 1.53. The third-order valence-corrected chi connectivity index (χ3v) is 2.15. The second-order valence-electron chi connectivity index (χ2n) is 2.81. The Morgan fingerprint density at radius 2 is 1.90 bits per heavy atom. The van der Waals surface area contributed by atoms with E-state index in [1.54, 1.807) is 0 Å². The summed E-state index contributed by atoms with van der Waals surface area (Å²) < 4.78 is 0. The summed E-state index contributed by atoms with van der Waals surface area (Å²) >= 11 is 4.05. The molecule has 0 atom stereocenters. The maximum Gasteiger partial charge on any atom is 0.0517 e. The maximum absolute atomic E-state index is 4.05. The molecule has 10 heavy (non-hydrogen) atoms. The second kappa shape index (κ2) is 4.68. The van der Waals surface area contributed by atoms with Crippen molar-refractivity contribution in [3.63, 3.8) is 0 Å². The van der Waals surface area contributed by atoms with E-state index >= 15 is 0 Å². The molecule has 0 N–H and O–H groups in total. The SMILES string of the molecule is SCC#CC1CCCCC1. The van der Waals surface area contributed by atoms with Gasteiger partial charge in [0.05, 0.1) is 5.75 Å². The molecule has 1 aliphatic rings. The molecule has 0 amide bonds. The van der Waals surface area contributed by atoms with Crippen molar-refractivity contribution in [1.29, 1.82) is 0 Å². The lowest BCUT2D eigenvalue weighted by molar-refractivity contribution is 0.430. The highest BCUT2D eigenvalue weighted by Gasteiger charge is 2.09. The van der Waals surface area contributed by atoms with Crippen molar-refractivity contribution >= 4 is 12.6 Å². The topological polar surface area (TPSA) is 0 Å². The van der Waals surface area contributed by atoms with Crippen LogP contribution in [0.25, 0.3) is 0 Å². The zero-order valence-electron chi connectivity index (χ0n) is 6.27. The minimum atomic E-state index is 0.695. The first-order valence-corrected chi connectivity index (χ1v) is 4.66. The zero-order valence-corrected chi connectivity index (χ0v) is 7.16. The van der Waals surface area contributed by atoms with Crippen LogP contribution in [0.1, 0.15) is 32.1 Å². The third-order valence-electron chi connectivity index (χ3n) is 1.99. The van der Waals surface area contributed by atoms with Crippen molar-refractivity contribution in [2.75, 3.05) is 5.75 Å². The molecule has 0 aromatic rings. The highest BCUT2D eigenvalue weighted by atomic mass is 32.1. The molecular formula is C9H14S. The van der Waals surface area contributed by atoms with Gasteiger partial charge in [-0.05, 0) is 12.8 Å². The van der Waals surface area contributed by atoms with Gasteiger partial charge in [0.1, 0.15) is 0 Å². The van der Waals surface area contributed by atoms with Crippen LogP contribution in [0.3, 0.4) is 0 Å². The Hall–Kier alpha value is -0.0900. The Balaban J connectivity index is 2.25. The van der Waals surface area contributed by atoms with Crippen LogP contribution in [-0.4, -0.2) is 5.75 Å². The molecule has 1 heteroatoms. The summed E-state index contributed by atoms with van der Waals surface area (Å²) in [5.74, 6) is 7.69. The molecule has 1 rings (SSSR count). The summed E-state index contributed by atoms with van der Waals surface area (Å²) in [5.41, 5.74) is 0. The number of hydrogen-bond acceptors (Lipinski definition) is 1. The Labute approximate surface area is 68.8 Å². The molecule has 0 spiro atoms. The van der Waals surface area contributed by atoms with Crippen LogP contribution < -0.4 is 0 Å². The van der Waals surface area contributed by atoms with Gasteiger partial charge in [0.2, 0.25) is 0 Å². The maximum atomic E-state index is 4.05. The molecule has 0 unspecified atom stereocenters. The first-order chi connectivity index (χ1) is 4.93. The third kappa shape index (κ3) is 2.66. The van der Waals surface area contributed by atoms with Crippen LogP contribution in [0, 0.1) is 17.8 Å². The largest absolute Gasteiger partial charge is 0.166 e. The second-order valence-corrected chi connectivity index (χ2v) is 3.13. The molecule has 1 saturated carbocycles. The summed E-state index contributed by atoms with van der Waals surface area (Å²) in [6.45, 7) is 0. The van der Waals surface area contributed by atoms with E-state index in [1.165, 1.54) is 32.1 Å². The predicted molar refractivity (Wildman–Crippen MR) is 48.2 cm³/mol. The molecule has 0 aromatic heterocycles. The van der Waals surface area contributed by atoms with Crippen molar-refractivity contribution in [3.8, 4) is 11.8 Å².